The highest BCUT2D eigenvalue weighted by Crippen LogP contribution is 1.92. The molecular formula is C7H17NO2S2. The van der Waals surface area contributed by atoms with E-state index in [1.54, 1.807) is 11.8 Å². The van der Waals surface area contributed by atoms with Gasteiger partial charge in [0.05, 0.1) is 5.75 Å². The van der Waals surface area contributed by atoms with Gasteiger partial charge in [0, 0.05) is 12.8 Å². The standard InChI is InChI=1S/C7H17NO2S2/c1-11-6-3-4-8-5-7-12(2,9)10/h8H,3-7H2,1-2H3. The van der Waals surface area contributed by atoms with Crippen LogP contribution in [0.25, 0.3) is 0 Å². The predicted molar refractivity (Wildman–Crippen MR) is 55.6 cm³/mol. The molecule has 5 heteroatoms. The lowest BCUT2D eigenvalue weighted by molar-refractivity contribution is 0.596. The van der Waals surface area contributed by atoms with E-state index in [1.165, 1.54) is 6.26 Å². The van der Waals surface area contributed by atoms with E-state index in [0.29, 0.717) is 6.54 Å². The fourth-order valence-electron chi connectivity index (χ4n) is 0.724. The average molecular weight is 211 g/mol. The molecule has 0 aromatic carbocycles. The Balaban J connectivity index is 3.12. The molecule has 1 N–H and O–H groups in total. The first kappa shape index (κ1) is 12.3. The second kappa shape index (κ2) is 6.74. The molecule has 74 valence electrons. The van der Waals surface area contributed by atoms with E-state index in [4.69, 9.17) is 0 Å². The van der Waals surface area contributed by atoms with Crippen LogP contribution >= 0.6 is 11.8 Å². The predicted octanol–water partition coefficient (Wildman–Crippen LogP) is 0.374. The molecule has 0 saturated carbocycles. The minimum absolute atomic E-state index is 0.242. The summed E-state index contributed by atoms with van der Waals surface area (Å²) in [4.78, 5) is 0. The van der Waals surface area contributed by atoms with Crippen LogP contribution in [-0.2, 0) is 9.84 Å². The molecule has 0 aliphatic rings. The third kappa shape index (κ3) is 10.3. The van der Waals surface area contributed by atoms with Crippen molar-refractivity contribution in [3.63, 3.8) is 0 Å². The highest BCUT2D eigenvalue weighted by molar-refractivity contribution is 7.98. The van der Waals surface area contributed by atoms with Gasteiger partial charge in [0.15, 0.2) is 0 Å². The van der Waals surface area contributed by atoms with E-state index in [1.807, 2.05) is 0 Å². The average Bonchev–Trinajstić information content (AvgIpc) is 1.94. The van der Waals surface area contributed by atoms with Crippen molar-refractivity contribution in [3.05, 3.63) is 0 Å². The molecule has 0 rings (SSSR count). The number of rotatable bonds is 7. The minimum atomic E-state index is -2.78. The number of hydrogen-bond donors (Lipinski definition) is 1. The summed E-state index contributed by atoms with van der Waals surface area (Å²) in [6.07, 6.45) is 4.43. The van der Waals surface area contributed by atoms with E-state index in [0.717, 1.165) is 18.7 Å². The van der Waals surface area contributed by atoms with Crippen LogP contribution in [0.3, 0.4) is 0 Å². The monoisotopic (exact) mass is 211 g/mol. The lowest BCUT2D eigenvalue weighted by atomic mass is 10.5. The fraction of sp³-hybridized carbons (Fsp3) is 1.00. The van der Waals surface area contributed by atoms with Gasteiger partial charge in [-0.2, -0.15) is 11.8 Å². The van der Waals surface area contributed by atoms with Crippen molar-refractivity contribution in [2.45, 2.75) is 6.42 Å². The van der Waals surface area contributed by atoms with Crippen molar-refractivity contribution in [1.29, 1.82) is 0 Å². The minimum Gasteiger partial charge on any atom is -0.316 e. The van der Waals surface area contributed by atoms with Crippen molar-refractivity contribution >= 4 is 21.6 Å². The van der Waals surface area contributed by atoms with Crippen LogP contribution in [0.4, 0.5) is 0 Å². The van der Waals surface area contributed by atoms with Gasteiger partial charge in [-0.3, -0.25) is 0 Å². The molecule has 0 aromatic heterocycles. The van der Waals surface area contributed by atoms with Gasteiger partial charge in [-0.05, 0) is 25.0 Å². The van der Waals surface area contributed by atoms with Gasteiger partial charge in [-0.15, -0.1) is 0 Å². The molecule has 0 spiro atoms. The Hall–Kier alpha value is 0.260. The Labute approximate surface area is 79.2 Å². The summed E-state index contributed by atoms with van der Waals surface area (Å²) in [5.41, 5.74) is 0. The molecule has 0 aromatic rings. The molecule has 0 radical (unpaired) electrons. The first-order chi connectivity index (χ1) is 5.56. The largest absolute Gasteiger partial charge is 0.316 e. The molecule has 0 amide bonds. The summed E-state index contributed by atoms with van der Waals surface area (Å²) in [5, 5.41) is 3.08. The zero-order chi connectivity index (χ0) is 9.45. The lowest BCUT2D eigenvalue weighted by Crippen LogP contribution is -2.23. The molecule has 12 heavy (non-hydrogen) atoms. The van der Waals surface area contributed by atoms with E-state index in [2.05, 4.69) is 11.6 Å². The van der Waals surface area contributed by atoms with Crippen LogP contribution in [-0.4, -0.2) is 45.5 Å². The van der Waals surface area contributed by atoms with Crippen LogP contribution in [0, 0.1) is 0 Å². The number of thioether (sulfide) groups is 1. The summed E-state index contributed by atoms with van der Waals surface area (Å²) >= 11 is 1.81. The third-order valence-corrected chi connectivity index (χ3v) is 2.99. The van der Waals surface area contributed by atoms with Crippen LogP contribution in [0.1, 0.15) is 6.42 Å². The van der Waals surface area contributed by atoms with E-state index in [9.17, 15) is 8.42 Å². The van der Waals surface area contributed by atoms with Crippen molar-refractivity contribution in [1.82, 2.24) is 5.32 Å². The molecule has 0 fully saturated rings. The number of nitrogens with one attached hydrogen (secondary N) is 1. The molecule has 0 atom stereocenters. The molecule has 3 nitrogen and oxygen atoms in total. The maximum Gasteiger partial charge on any atom is 0.148 e. The number of hydrogen-bond acceptors (Lipinski definition) is 4. The quantitative estimate of drug-likeness (QED) is 0.618. The Kier molecular flexibility index (Phi) is 6.89. The van der Waals surface area contributed by atoms with Gasteiger partial charge in [-0.25, -0.2) is 8.42 Å². The molecular weight excluding hydrogens is 194 g/mol. The van der Waals surface area contributed by atoms with Crippen LogP contribution in [0.2, 0.25) is 0 Å². The Morgan fingerprint density at radius 1 is 1.33 bits per heavy atom. The lowest BCUT2D eigenvalue weighted by Gasteiger charge is -2.01. The molecule has 0 aliphatic heterocycles. The summed E-state index contributed by atoms with van der Waals surface area (Å²) in [6, 6.07) is 0. The van der Waals surface area contributed by atoms with Crippen LogP contribution in [0.15, 0.2) is 0 Å². The summed E-state index contributed by atoms with van der Waals surface area (Å²) in [7, 11) is -2.78. The number of sulfone groups is 1. The highest BCUT2D eigenvalue weighted by Gasteiger charge is 1.99. The maximum atomic E-state index is 10.7. The second-order valence-corrected chi connectivity index (χ2v) is 5.97. The van der Waals surface area contributed by atoms with E-state index >= 15 is 0 Å². The molecule has 0 saturated heterocycles. The summed E-state index contributed by atoms with van der Waals surface area (Å²) in [5.74, 6) is 1.37. The maximum absolute atomic E-state index is 10.7. The van der Waals surface area contributed by atoms with Crippen LogP contribution in [0.5, 0.6) is 0 Å². The first-order valence-corrected chi connectivity index (χ1v) is 7.39. The van der Waals surface area contributed by atoms with Crippen molar-refractivity contribution < 1.29 is 8.42 Å². The van der Waals surface area contributed by atoms with Crippen molar-refractivity contribution in [3.8, 4) is 0 Å². The van der Waals surface area contributed by atoms with Gasteiger partial charge in [0.25, 0.3) is 0 Å². The first-order valence-electron chi connectivity index (χ1n) is 3.93. The van der Waals surface area contributed by atoms with E-state index in [-0.39, 0.29) is 5.75 Å². The molecule has 0 aliphatic carbocycles. The highest BCUT2D eigenvalue weighted by atomic mass is 32.2. The molecule has 0 unspecified atom stereocenters. The van der Waals surface area contributed by atoms with Gasteiger partial charge < -0.3 is 5.32 Å². The van der Waals surface area contributed by atoms with Gasteiger partial charge >= 0.3 is 0 Å². The second-order valence-electron chi connectivity index (χ2n) is 2.73. The van der Waals surface area contributed by atoms with Gasteiger partial charge in [0.2, 0.25) is 0 Å². The van der Waals surface area contributed by atoms with Crippen LogP contribution < -0.4 is 5.32 Å². The Morgan fingerprint density at radius 3 is 2.50 bits per heavy atom. The summed E-state index contributed by atoms with van der Waals surface area (Å²) < 4.78 is 21.4. The zero-order valence-corrected chi connectivity index (χ0v) is 9.30. The van der Waals surface area contributed by atoms with Crippen molar-refractivity contribution in [2.75, 3.05) is 37.1 Å². The topological polar surface area (TPSA) is 46.2 Å². The third-order valence-electron chi connectivity index (χ3n) is 1.35. The van der Waals surface area contributed by atoms with Gasteiger partial charge in [-0.1, -0.05) is 0 Å². The smallest absolute Gasteiger partial charge is 0.148 e. The Morgan fingerprint density at radius 2 is 2.00 bits per heavy atom. The fourth-order valence-corrected chi connectivity index (χ4v) is 1.67. The van der Waals surface area contributed by atoms with Gasteiger partial charge in [0.1, 0.15) is 9.84 Å². The summed E-state index contributed by atoms with van der Waals surface area (Å²) in [6.45, 7) is 1.49. The molecule has 0 bridgehead atoms. The normalized spacial score (nSPS) is 11.8. The SMILES string of the molecule is CSCCCNCCS(C)(=O)=O. The van der Waals surface area contributed by atoms with E-state index < -0.39 is 9.84 Å². The zero-order valence-electron chi connectivity index (χ0n) is 7.67. The molecule has 0 heterocycles. The van der Waals surface area contributed by atoms with Crippen molar-refractivity contribution in [2.24, 2.45) is 0 Å². The Bertz CT molecular complexity index is 190.